The molecule has 0 saturated heterocycles. The Balaban J connectivity index is 1.42. The summed E-state index contributed by atoms with van der Waals surface area (Å²) in [4.78, 5) is 22.9. The first-order valence-electron chi connectivity index (χ1n) is 10.5. The average molecular weight is 479 g/mol. The van der Waals surface area contributed by atoms with Gasteiger partial charge in [0, 0.05) is 48.9 Å². The van der Waals surface area contributed by atoms with Gasteiger partial charge in [0.1, 0.15) is 0 Å². The maximum absolute atomic E-state index is 12.9. The van der Waals surface area contributed by atoms with Crippen LogP contribution in [0.5, 0.6) is 0 Å². The predicted octanol–water partition coefficient (Wildman–Crippen LogP) is 3.31. The lowest BCUT2D eigenvalue weighted by atomic mass is 10.1. The number of amides is 1. The summed E-state index contributed by atoms with van der Waals surface area (Å²) in [6.07, 6.45) is 1.79. The second kappa shape index (κ2) is 9.86. The van der Waals surface area contributed by atoms with E-state index < -0.39 is 14.9 Å². The summed E-state index contributed by atoms with van der Waals surface area (Å²) in [6, 6.07) is 22.3. The molecule has 0 aliphatic heterocycles. The number of para-hydroxylation sites is 1. The fourth-order valence-corrected chi connectivity index (χ4v) is 4.71. The first-order valence-corrected chi connectivity index (χ1v) is 12.0. The third-order valence-electron chi connectivity index (χ3n) is 5.27. The molecule has 2 N–H and O–H groups in total. The van der Waals surface area contributed by atoms with Gasteiger partial charge in [-0.1, -0.05) is 54.6 Å². The van der Waals surface area contributed by atoms with Crippen molar-refractivity contribution in [3.05, 3.63) is 106 Å². The highest BCUT2D eigenvalue weighted by molar-refractivity contribution is 7.89. The predicted molar refractivity (Wildman–Crippen MR) is 128 cm³/mol. The van der Waals surface area contributed by atoms with Gasteiger partial charge in [0.2, 0.25) is 10.0 Å². The van der Waals surface area contributed by atoms with Crippen molar-refractivity contribution in [3.63, 3.8) is 0 Å². The van der Waals surface area contributed by atoms with Gasteiger partial charge in [-0.2, -0.15) is 0 Å². The molecule has 0 unspecified atom stereocenters. The molecule has 0 aliphatic rings. The minimum atomic E-state index is -3.95. The van der Waals surface area contributed by atoms with Crippen LogP contribution in [0, 0.1) is 10.1 Å². The number of aromatic nitrogens is 1. The van der Waals surface area contributed by atoms with E-state index >= 15 is 0 Å². The number of rotatable bonds is 9. The first kappa shape index (κ1) is 23.1. The van der Waals surface area contributed by atoms with Gasteiger partial charge in [0.05, 0.1) is 15.4 Å². The quantitative estimate of drug-likeness (QED) is 0.217. The molecule has 9 nitrogen and oxygen atoms in total. The van der Waals surface area contributed by atoms with Crippen LogP contribution >= 0.6 is 0 Å². The third kappa shape index (κ3) is 5.13. The van der Waals surface area contributed by atoms with Gasteiger partial charge in [-0.15, -0.1) is 0 Å². The normalized spacial score (nSPS) is 11.4. The van der Waals surface area contributed by atoms with Gasteiger partial charge < -0.3 is 9.88 Å². The number of nitro benzene ring substituents is 1. The van der Waals surface area contributed by atoms with Gasteiger partial charge in [0.25, 0.3) is 11.6 Å². The number of carbonyl (C=O) groups is 1. The Morgan fingerprint density at radius 1 is 0.941 bits per heavy atom. The molecular weight excluding hydrogens is 456 g/mol. The lowest BCUT2D eigenvalue weighted by Gasteiger charge is -2.08. The van der Waals surface area contributed by atoms with Crippen LogP contribution in [0.1, 0.15) is 15.9 Å². The molecule has 3 aromatic carbocycles. The highest BCUT2D eigenvalue weighted by Crippen LogP contribution is 2.22. The minimum Gasteiger partial charge on any atom is -0.351 e. The highest BCUT2D eigenvalue weighted by Gasteiger charge is 2.18. The Hall–Kier alpha value is -4.02. The van der Waals surface area contributed by atoms with Gasteiger partial charge in [-0.3, -0.25) is 14.9 Å². The molecule has 1 amide bonds. The standard InChI is InChI=1S/C24H22N4O5S/c29-24(25-13-14-26-34(32,33)20-10-6-9-19(15-20)28(30)31)22-17-27(16-18-7-2-1-3-8-18)23-12-5-4-11-21(22)23/h1-12,15,17,26H,13-14,16H2,(H,25,29). The van der Waals surface area contributed by atoms with Crippen LogP contribution in [0.4, 0.5) is 5.69 Å². The summed E-state index contributed by atoms with van der Waals surface area (Å²) in [5, 5.41) is 14.4. The zero-order valence-corrected chi connectivity index (χ0v) is 18.9. The molecule has 0 aliphatic carbocycles. The fourth-order valence-electron chi connectivity index (χ4n) is 3.64. The van der Waals surface area contributed by atoms with Crippen molar-refractivity contribution in [1.29, 1.82) is 0 Å². The number of nitrogens with zero attached hydrogens (tertiary/aromatic N) is 2. The monoisotopic (exact) mass is 478 g/mol. The number of carbonyl (C=O) groups excluding carboxylic acids is 1. The lowest BCUT2D eigenvalue weighted by molar-refractivity contribution is -0.385. The van der Waals surface area contributed by atoms with Crippen LogP contribution in [0.15, 0.2) is 90.0 Å². The number of nitrogens with one attached hydrogen (secondary N) is 2. The van der Waals surface area contributed by atoms with Crippen LogP contribution in [0.2, 0.25) is 0 Å². The molecule has 0 fully saturated rings. The van der Waals surface area contributed by atoms with Crippen molar-refractivity contribution in [2.45, 2.75) is 11.4 Å². The summed E-state index contributed by atoms with van der Waals surface area (Å²) in [6.45, 7) is 0.586. The lowest BCUT2D eigenvalue weighted by Crippen LogP contribution is -2.34. The second-order valence-corrected chi connectivity index (χ2v) is 9.35. The number of benzene rings is 3. The van der Waals surface area contributed by atoms with E-state index in [-0.39, 0.29) is 29.6 Å². The van der Waals surface area contributed by atoms with Crippen LogP contribution in [0.25, 0.3) is 10.9 Å². The van der Waals surface area contributed by atoms with Gasteiger partial charge >= 0.3 is 0 Å². The molecule has 1 heterocycles. The summed E-state index contributed by atoms with van der Waals surface area (Å²) in [5.41, 5.74) is 2.20. The van der Waals surface area contributed by atoms with Crippen molar-refractivity contribution in [1.82, 2.24) is 14.6 Å². The molecule has 174 valence electrons. The van der Waals surface area contributed by atoms with Crippen LogP contribution in [-0.2, 0) is 16.6 Å². The molecule has 0 spiro atoms. The first-order chi connectivity index (χ1) is 16.3. The number of nitro groups is 1. The van der Waals surface area contributed by atoms with Gasteiger partial charge in [-0.05, 0) is 17.7 Å². The largest absolute Gasteiger partial charge is 0.351 e. The smallest absolute Gasteiger partial charge is 0.270 e. The van der Waals surface area contributed by atoms with E-state index in [1.807, 2.05) is 59.2 Å². The Labute approximate surface area is 196 Å². The van der Waals surface area contributed by atoms with Crippen molar-refractivity contribution in [2.75, 3.05) is 13.1 Å². The summed E-state index contributed by atoms with van der Waals surface area (Å²) < 4.78 is 29.2. The molecule has 0 bridgehead atoms. The number of sulfonamides is 1. The minimum absolute atomic E-state index is 0.0468. The molecule has 0 saturated carbocycles. The summed E-state index contributed by atoms with van der Waals surface area (Å²) in [5.74, 6) is -0.322. The van der Waals surface area contributed by atoms with Gasteiger partial charge in [-0.25, -0.2) is 13.1 Å². The van der Waals surface area contributed by atoms with Crippen LogP contribution in [0.3, 0.4) is 0 Å². The van der Waals surface area contributed by atoms with Crippen LogP contribution in [-0.4, -0.2) is 36.9 Å². The van der Waals surface area contributed by atoms with E-state index in [0.29, 0.717) is 12.1 Å². The van der Waals surface area contributed by atoms with Crippen molar-refractivity contribution >= 4 is 32.5 Å². The highest BCUT2D eigenvalue weighted by atomic mass is 32.2. The molecule has 4 aromatic rings. The Bertz CT molecular complexity index is 1450. The molecule has 0 atom stereocenters. The number of non-ortho nitro benzene ring substituents is 1. The van der Waals surface area contributed by atoms with E-state index in [0.717, 1.165) is 22.5 Å². The second-order valence-electron chi connectivity index (χ2n) is 7.58. The van der Waals surface area contributed by atoms with E-state index in [2.05, 4.69) is 10.0 Å². The van der Waals surface area contributed by atoms with Crippen molar-refractivity contribution in [2.24, 2.45) is 0 Å². The average Bonchev–Trinajstić information content (AvgIpc) is 3.21. The van der Waals surface area contributed by atoms with E-state index in [1.54, 1.807) is 6.20 Å². The fraction of sp³-hybridized carbons (Fsp3) is 0.125. The van der Waals surface area contributed by atoms with Gasteiger partial charge in [0.15, 0.2) is 0 Å². The summed E-state index contributed by atoms with van der Waals surface area (Å²) >= 11 is 0. The van der Waals surface area contributed by atoms with Crippen LogP contribution < -0.4 is 10.0 Å². The maximum Gasteiger partial charge on any atom is 0.270 e. The summed E-state index contributed by atoms with van der Waals surface area (Å²) in [7, 11) is -3.95. The number of hydrogen-bond donors (Lipinski definition) is 2. The topological polar surface area (TPSA) is 123 Å². The molecule has 4 rings (SSSR count). The maximum atomic E-state index is 12.9. The Morgan fingerprint density at radius 3 is 2.44 bits per heavy atom. The SMILES string of the molecule is O=C(NCCNS(=O)(=O)c1cccc([N+](=O)[O-])c1)c1cn(Cc2ccccc2)c2ccccc12. The third-order valence-corrected chi connectivity index (χ3v) is 6.73. The number of hydrogen-bond acceptors (Lipinski definition) is 5. The molecule has 34 heavy (non-hydrogen) atoms. The zero-order valence-electron chi connectivity index (χ0n) is 18.0. The molecule has 1 aromatic heterocycles. The molecule has 0 radical (unpaired) electrons. The molecular formula is C24H22N4O5S. The van der Waals surface area contributed by atoms with E-state index in [1.165, 1.54) is 18.2 Å². The van der Waals surface area contributed by atoms with E-state index in [9.17, 15) is 23.3 Å². The van der Waals surface area contributed by atoms with Crippen molar-refractivity contribution < 1.29 is 18.1 Å². The Kier molecular flexibility index (Phi) is 6.71. The van der Waals surface area contributed by atoms with E-state index in [4.69, 9.17) is 0 Å². The zero-order chi connectivity index (χ0) is 24.1. The Morgan fingerprint density at radius 2 is 1.68 bits per heavy atom. The number of fused-ring (bicyclic) bond motifs is 1. The van der Waals surface area contributed by atoms with Crippen molar-refractivity contribution in [3.8, 4) is 0 Å². The molecule has 10 heteroatoms.